The maximum absolute atomic E-state index is 12.4. The fraction of sp³-hybridized carbons (Fsp3) is 0.200. The van der Waals surface area contributed by atoms with Crippen molar-refractivity contribution in [1.82, 2.24) is 24.5 Å². The molecule has 1 aromatic carbocycles. The highest BCUT2D eigenvalue weighted by Gasteiger charge is 2.17. The monoisotopic (exact) mass is 393 g/mol. The lowest BCUT2D eigenvalue weighted by Crippen LogP contribution is -2.18. The number of H-pyrrole nitrogens is 1. The predicted octanol–water partition coefficient (Wildman–Crippen LogP) is 2.26. The fourth-order valence-electron chi connectivity index (χ4n) is 3.09. The molecule has 0 radical (unpaired) electrons. The van der Waals surface area contributed by atoms with Crippen LogP contribution in [0.25, 0.3) is 22.6 Å². The van der Waals surface area contributed by atoms with Crippen molar-refractivity contribution in [3.8, 4) is 28.5 Å². The highest BCUT2D eigenvalue weighted by Crippen LogP contribution is 2.40. The summed E-state index contributed by atoms with van der Waals surface area (Å²) in [5, 5.41) is 0. The molecule has 0 spiro atoms. The smallest absolute Gasteiger partial charge is 0.329 e. The van der Waals surface area contributed by atoms with Crippen molar-refractivity contribution in [2.75, 3.05) is 21.3 Å². The van der Waals surface area contributed by atoms with Gasteiger partial charge in [0.25, 0.3) is 0 Å². The van der Waals surface area contributed by atoms with Crippen LogP contribution in [0.15, 0.2) is 47.5 Å². The van der Waals surface area contributed by atoms with Gasteiger partial charge in [0.05, 0.1) is 45.5 Å². The highest BCUT2D eigenvalue weighted by atomic mass is 16.5. The molecule has 0 aliphatic heterocycles. The summed E-state index contributed by atoms with van der Waals surface area (Å²) in [4.78, 5) is 28.4. The number of pyridine rings is 1. The minimum atomic E-state index is -0.298. The van der Waals surface area contributed by atoms with Gasteiger partial charge in [-0.25, -0.2) is 14.8 Å². The summed E-state index contributed by atoms with van der Waals surface area (Å²) < 4.78 is 17.7. The Morgan fingerprint density at radius 3 is 2.41 bits per heavy atom. The third kappa shape index (κ3) is 3.38. The second kappa shape index (κ2) is 7.63. The summed E-state index contributed by atoms with van der Waals surface area (Å²) in [5.74, 6) is 1.49. The molecule has 0 saturated carbocycles. The van der Waals surface area contributed by atoms with E-state index in [1.165, 1.54) is 4.57 Å². The summed E-state index contributed by atoms with van der Waals surface area (Å²) in [6.45, 7) is 0.285. The quantitative estimate of drug-likeness (QED) is 0.536. The lowest BCUT2D eigenvalue weighted by atomic mass is 10.1. The van der Waals surface area contributed by atoms with Gasteiger partial charge >= 0.3 is 5.69 Å². The number of imidazole rings is 1. The number of nitrogens with zero attached hydrogens (tertiary/aromatic N) is 4. The standard InChI is InChI=1S/C20H19N5O4/c1-27-15-8-12(9-16(28-2)17(15)29-3)14-10-22-18-19(23-14)25(20(26)24-18)11-13-6-4-5-7-21-13/h4-10H,11H2,1-3H3,(H,22,24,26). The number of rotatable bonds is 6. The fourth-order valence-corrected chi connectivity index (χ4v) is 3.09. The first-order valence-electron chi connectivity index (χ1n) is 8.80. The van der Waals surface area contributed by atoms with Crippen molar-refractivity contribution < 1.29 is 14.2 Å². The molecular weight excluding hydrogens is 374 g/mol. The first-order chi connectivity index (χ1) is 14.1. The van der Waals surface area contributed by atoms with Crippen LogP contribution in [0.5, 0.6) is 17.2 Å². The van der Waals surface area contributed by atoms with Crippen LogP contribution in [0.4, 0.5) is 0 Å². The number of nitrogens with one attached hydrogen (secondary N) is 1. The van der Waals surface area contributed by atoms with E-state index in [0.29, 0.717) is 39.8 Å². The van der Waals surface area contributed by atoms with E-state index in [1.807, 2.05) is 18.2 Å². The van der Waals surface area contributed by atoms with Crippen molar-refractivity contribution in [1.29, 1.82) is 0 Å². The second-order valence-corrected chi connectivity index (χ2v) is 6.18. The molecule has 0 aliphatic carbocycles. The van der Waals surface area contributed by atoms with Crippen LogP contribution in [0.3, 0.4) is 0 Å². The average Bonchev–Trinajstić information content (AvgIpc) is 3.07. The molecule has 9 nitrogen and oxygen atoms in total. The Bertz CT molecular complexity index is 1190. The van der Waals surface area contributed by atoms with Crippen LogP contribution in [0, 0.1) is 0 Å². The molecule has 9 heteroatoms. The Morgan fingerprint density at radius 1 is 1.03 bits per heavy atom. The SMILES string of the molecule is COc1cc(-c2cnc3[nH]c(=O)n(Cc4ccccn4)c3n2)cc(OC)c1OC. The average molecular weight is 393 g/mol. The van der Waals surface area contributed by atoms with Crippen molar-refractivity contribution in [2.24, 2.45) is 0 Å². The first-order valence-corrected chi connectivity index (χ1v) is 8.80. The lowest BCUT2D eigenvalue weighted by Gasteiger charge is -2.14. The summed E-state index contributed by atoms with van der Waals surface area (Å²) in [5.41, 5.74) is 2.56. The van der Waals surface area contributed by atoms with E-state index in [1.54, 1.807) is 45.9 Å². The molecule has 0 atom stereocenters. The van der Waals surface area contributed by atoms with Gasteiger partial charge in [-0.1, -0.05) is 6.07 Å². The van der Waals surface area contributed by atoms with E-state index in [0.717, 1.165) is 5.69 Å². The van der Waals surface area contributed by atoms with E-state index in [9.17, 15) is 4.79 Å². The zero-order valence-electron chi connectivity index (χ0n) is 16.2. The highest BCUT2D eigenvalue weighted by molar-refractivity contribution is 5.73. The molecule has 0 unspecified atom stereocenters. The topological polar surface area (TPSA) is 104 Å². The summed E-state index contributed by atoms with van der Waals surface area (Å²) in [6.07, 6.45) is 3.27. The number of hydrogen-bond acceptors (Lipinski definition) is 7. The van der Waals surface area contributed by atoms with E-state index >= 15 is 0 Å². The Morgan fingerprint density at radius 2 is 1.79 bits per heavy atom. The van der Waals surface area contributed by atoms with Gasteiger partial charge in [-0.15, -0.1) is 0 Å². The molecule has 148 valence electrons. The van der Waals surface area contributed by atoms with Gasteiger partial charge in [-0.2, -0.15) is 0 Å². The van der Waals surface area contributed by atoms with Gasteiger partial charge in [0.1, 0.15) is 0 Å². The van der Waals surface area contributed by atoms with Crippen molar-refractivity contribution in [2.45, 2.75) is 6.54 Å². The third-order valence-electron chi connectivity index (χ3n) is 4.49. The van der Waals surface area contributed by atoms with Crippen LogP contribution >= 0.6 is 0 Å². The molecule has 1 N–H and O–H groups in total. The number of aromatic amines is 1. The molecule has 0 amide bonds. The molecule has 4 rings (SSSR count). The molecule has 3 heterocycles. The Kier molecular flexibility index (Phi) is 4.86. The number of methoxy groups -OCH3 is 3. The molecule has 0 aliphatic rings. The molecule has 0 bridgehead atoms. The second-order valence-electron chi connectivity index (χ2n) is 6.18. The number of hydrogen-bond donors (Lipinski definition) is 1. The maximum atomic E-state index is 12.4. The van der Waals surface area contributed by atoms with Gasteiger partial charge in [0.2, 0.25) is 5.75 Å². The van der Waals surface area contributed by atoms with Crippen molar-refractivity contribution >= 4 is 11.3 Å². The van der Waals surface area contributed by atoms with Crippen LogP contribution in [-0.2, 0) is 6.54 Å². The van der Waals surface area contributed by atoms with Gasteiger partial charge in [0.15, 0.2) is 22.8 Å². The summed E-state index contributed by atoms with van der Waals surface area (Å²) in [7, 11) is 4.64. The molecule has 4 aromatic rings. The maximum Gasteiger partial charge on any atom is 0.329 e. The van der Waals surface area contributed by atoms with Gasteiger partial charge in [-0.05, 0) is 24.3 Å². The van der Waals surface area contributed by atoms with Gasteiger partial charge in [0, 0.05) is 11.8 Å². The number of ether oxygens (including phenoxy) is 3. The zero-order chi connectivity index (χ0) is 20.4. The largest absolute Gasteiger partial charge is 0.493 e. The van der Waals surface area contributed by atoms with E-state index in [-0.39, 0.29) is 12.2 Å². The Hall–Kier alpha value is -3.88. The lowest BCUT2D eigenvalue weighted by molar-refractivity contribution is 0.324. The summed E-state index contributed by atoms with van der Waals surface area (Å²) in [6, 6.07) is 9.11. The molecule has 0 saturated heterocycles. The van der Waals surface area contributed by atoms with Crippen LogP contribution in [-0.4, -0.2) is 45.8 Å². The molecule has 29 heavy (non-hydrogen) atoms. The Labute approximate surface area is 165 Å². The minimum absolute atomic E-state index is 0.285. The first kappa shape index (κ1) is 18.5. The third-order valence-corrected chi connectivity index (χ3v) is 4.49. The van der Waals surface area contributed by atoms with E-state index in [4.69, 9.17) is 14.2 Å². The van der Waals surface area contributed by atoms with Crippen LogP contribution in [0.1, 0.15) is 5.69 Å². The van der Waals surface area contributed by atoms with Gasteiger partial charge in [-0.3, -0.25) is 14.5 Å². The van der Waals surface area contributed by atoms with E-state index < -0.39 is 0 Å². The Balaban J connectivity index is 1.84. The van der Waals surface area contributed by atoms with Crippen LogP contribution < -0.4 is 19.9 Å². The number of fused-ring (bicyclic) bond motifs is 1. The predicted molar refractivity (Wildman–Crippen MR) is 107 cm³/mol. The van der Waals surface area contributed by atoms with Crippen LogP contribution in [0.2, 0.25) is 0 Å². The molecule has 0 fully saturated rings. The molecular formula is C20H19N5O4. The van der Waals surface area contributed by atoms with Crippen molar-refractivity contribution in [3.05, 3.63) is 58.9 Å². The van der Waals surface area contributed by atoms with E-state index in [2.05, 4.69) is 19.9 Å². The van der Waals surface area contributed by atoms with Crippen molar-refractivity contribution in [3.63, 3.8) is 0 Å². The zero-order valence-corrected chi connectivity index (χ0v) is 16.2. The minimum Gasteiger partial charge on any atom is -0.493 e. The number of benzene rings is 1. The number of aromatic nitrogens is 5. The summed E-state index contributed by atoms with van der Waals surface area (Å²) >= 11 is 0. The van der Waals surface area contributed by atoms with Gasteiger partial charge < -0.3 is 14.2 Å². The molecule has 3 aromatic heterocycles. The normalized spacial score (nSPS) is 10.9.